The second kappa shape index (κ2) is 8.23. The molecule has 0 bridgehead atoms. The molecule has 7 nitrogen and oxygen atoms in total. The van der Waals surface area contributed by atoms with Crippen molar-refractivity contribution in [1.29, 1.82) is 0 Å². The fourth-order valence-electron chi connectivity index (χ4n) is 2.75. The van der Waals surface area contributed by atoms with Crippen LogP contribution < -0.4 is 5.32 Å². The highest BCUT2D eigenvalue weighted by atomic mass is 16.3. The summed E-state index contributed by atoms with van der Waals surface area (Å²) in [6.45, 7) is 1.96. The van der Waals surface area contributed by atoms with Gasteiger partial charge in [0.15, 0.2) is 0 Å². The number of rotatable bonds is 5. The Hall–Kier alpha value is -2.96. The zero-order chi connectivity index (χ0) is 17.5. The molecule has 0 unspecified atom stereocenters. The average molecular weight is 340 g/mol. The molecule has 0 radical (unpaired) electrons. The van der Waals surface area contributed by atoms with Crippen molar-refractivity contribution in [3.8, 4) is 0 Å². The van der Waals surface area contributed by atoms with Gasteiger partial charge < -0.3 is 14.6 Å². The first-order chi connectivity index (χ1) is 12.2. The van der Waals surface area contributed by atoms with E-state index in [1.807, 2.05) is 4.90 Å². The Labute approximate surface area is 145 Å². The molecule has 130 valence electrons. The number of nitrogens with zero attached hydrogens (tertiary/aromatic N) is 3. The monoisotopic (exact) mass is 340 g/mol. The van der Waals surface area contributed by atoms with Crippen molar-refractivity contribution in [2.75, 3.05) is 19.6 Å². The Kier molecular flexibility index (Phi) is 5.56. The molecular formula is C18H20N4O3. The van der Waals surface area contributed by atoms with E-state index < -0.39 is 0 Å². The summed E-state index contributed by atoms with van der Waals surface area (Å²) in [4.78, 5) is 33.8. The van der Waals surface area contributed by atoms with Gasteiger partial charge in [-0.3, -0.25) is 14.6 Å². The smallest absolute Gasteiger partial charge is 0.271 e. The lowest BCUT2D eigenvalue weighted by molar-refractivity contribution is -0.127. The molecule has 0 aromatic carbocycles. The topological polar surface area (TPSA) is 88.3 Å². The van der Waals surface area contributed by atoms with Crippen molar-refractivity contribution in [2.45, 2.75) is 12.8 Å². The van der Waals surface area contributed by atoms with Crippen LogP contribution >= 0.6 is 0 Å². The van der Waals surface area contributed by atoms with E-state index in [4.69, 9.17) is 4.42 Å². The number of carbonyl (C=O) groups excluding carboxylic acids is 2. The van der Waals surface area contributed by atoms with Crippen molar-refractivity contribution in [2.24, 2.45) is 5.92 Å². The lowest BCUT2D eigenvalue weighted by Crippen LogP contribution is -2.41. The van der Waals surface area contributed by atoms with Crippen molar-refractivity contribution in [3.05, 3.63) is 54.5 Å². The Morgan fingerprint density at radius 1 is 1.32 bits per heavy atom. The molecule has 7 heteroatoms. The lowest BCUT2D eigenvalue weighted by atomic mass is 9.96. The molecular weight excluding hydrogens is 320 g/mol. The molecule has 1 aliphatic rings. The van der Waals surface area contributed by atoms with Gasteiger partial charge in [-0.25, -0.2) is 4.98 Å². The highest BCUT2D eigenvalue weighted by molar-refractivity contribution is 5.92. The summed E-state index contributed by atoms with van der Waals surface area (Å²) < 4.78 is 5.17. The van der Waals surface area contributed by atoms with Gasteiger partial charge in [0.2, 0.25) is 5.91 Å². The second-order valence-corrected chi connectivity index (χ2v) is 5.92. The molecule has 0 saturated carbocycles. The third kappa shape index (κ3) is 4.76. The predicted molar refractivity (Wildman–Crippen MR) is 91.4 cm³/mol. The van der Waals surface area contributed by atoms with E-state index in [1.54, 1.807) is 24.5 Å². The summed E-state index contributed by atoms with van der Waals surface area (Å²) in [6, 6.07) is 3.58. The highest BCUT2D eigenvalue weighted by Gasteiger charge is 2.22. The molecule has 0 atom stereocenters. The van der Waals surface area contributed by atoms with E-state index in [-0.39, 0.29) is 11.8 Å². The number of furan rings is 1. The third-order valence-electron chi connectivity index (χ3n) is 4.21. The van der Waals surface area contributed by atoms with Crippen molar-refractivity contribution >= 4 is 17.9 Å². The SMILES string of the molecule is O=C(NCC1CCN(C(=O)C=Cc2ccco2)CC1)c1cnccn1. The third-order valence-corrected chi connectivity index (χ3v) is 4.21. The van der Waals surface area contributed by atoms with Crippen molar-refractivity contribution in [3.63, 3.8) is 0 Å². The van der Waals surface area contributed by atoms with Crippen LogP contribution in [0, 0.1) is 5.92 Å². The van der Waals surface area contributed by atoms with Crippen LogP contribution in [0.15, 0.2) is 47.5 Å². The molecule has 25 heavy (non-hydrogen) atoms. The van der Waals surface area contributed by atoms with E-state index in [0.29, 0.717) is 37.0 Å². The fourth-order valence-corrected chi connectivity index (χ4v) is 2.75. The Balaban J connectivity index is 1.41. The molecule has 1 aliphatic heterocycles. The molecule has 3 heterocycles. The van der Waals surface area contributed by atoms with Crippen molar-refractivity contribution in [1.82, 2.24) is 20.2 Å². The summed E-state index contributed by atoms with van der Waals surface area (Å²) in [5.74, 6) is 0.792. The second-order valence-electron chi connectivity index (χ2n) is 5.92. The fraction of sp³-hybridized carbons (Fsp3) is 0.333. The zero-order valence-electron chi connectivity index (χ0n) is 13.8. The number of hydrogen-bond acceptors (Lipinski definition) is 5. The van der Waals surface area contributed by atoms with Crippen LogP contribution in [-0.4, -0.2) is 46.3 Å². The molecule has 2 aromatic rings. The van der Waals surface area contributed by atoms with E-state index in [1.165, 1.54) is 24.7 Å². The molecule has 1 saturated heterocycles. The molecule has 2 amide bonds. The average Bonchev–Trinajstić information content (AvgIpc) is 3.19. The Morgan fingerprint density at radius 3 is 2.84 bits per heavy atom. The minimum Gasteiger partial charge on any atom is -0.465 e. The van der Waals surface area contributed by atoms with Crippen LogP contribution in [0.5, 0.6) is 0 Å². The number of hydrogen-bond donors (Lipinski definition) is 1. The predicted octanol–water partition coefficient (Wildman–Crippen LogP) is 1.75. The molecule has 2 aromatic heterocycles. The summed E-state index contributed by atoms with van der Waals surface area (Å²) in [6.07, 6.45) is 11.0. The zero-order valence-corrected chi connectivity index (χ0v) is 13.8. The van der Waals surface area contributed by atoms with Gasteiger partial charge in [-0.05, 0) is 37.0 Å². The molecule has 0 aliphatic carbocycles. The van der Waals surface area contributed by atoms with Crippen LogP contribution in [0.4, 0.5) is 0 Å². The maximum atomic E-state index is 12.2. The first-order valence-electron chi connectivity index (χ1n) is 8.27. The van der Waals surface area contributed by atoms with Crippen LogP contribution in [0.2, 0.25) is 0 Å². The van der Waals surface area contributed by atoms with Crippen LogP contribution in [0.25, 0.3) is 6.08 Å². The van der Waals surface area contributed by atoms with E-state index >= 15 is 0 Å². The number of likely N-dealkylation sites (tertiary alicyclic amines) is 1. The van der Waals surface area contributed by atoms with Gasteiger partial charge in [0.25, 0.3) is 5.91 Å². The summed E-state index contributed by atoms with van der Waals surface area (Å²) >= 11 is 0. The Morgan fingerprint density at radius 2 is 2.16 bits per heavy atom. The molecule has 1 fully saturated rings. The summed E-state index contributed by atoms with van der Waals surface area (Å²) in [5.41, 5.74) is 0.318. The standard InChI is InChI=1S/C18H20N4O3/c23-17(4-3-15-2-1-11-25-15)22-9-5-14(6-10-22)12-21-18(24)16-13-19-7-8-20-16/h1-4,7-8,11,13-14H,5-6,9-10,12H2,(H,21,24). The maximum absolute atomic E-state index is 12.2. The summed E-state index contributed by atoms with van der Waals surface area (Å²) in [7, 11) is 0. The van der Waals surface area contributed by atoms with Crippen molar-refractivity contribution < 1.29 is 14.0 Å². The quantitative estimate of drug-likeness (QED) is 0.838. The first-order valence-corrected chi connectivity index (χ1v) is 8.27. The van der Waals surface area contributed by atoms with Gasteiger partial charge in [-0.1, -0.05) is 0 Å². The molecule has 1 N–H and O–H groups in total. The first kappa shape index (κ1) is 16.9. The highest BCUT2D eigenvalue weighted by Crippen LogP contribution is 2.17. The number of piperidine rings is 1. The van der Waals surface area contributed by atoms with E-state index in [0.717, 1.165) is 12.8 Å². The number of aromatic nitrogens is 2. The maximum Gasteiger partial charge on any atom is 0.271 e. The van der Waals surface area contributed by atoms with E-state index in [9.17, 15) is 9.59 Å². The van der Waals surface area contributed by atoms with Gasteiger partial charge in [0.1, 0.15) is 11.5 Å². The van der Waals surface area contributed by atoms with Gasteiger partial charge in [-0.15, -0.1) is 0 Å². The normalized spacial score (nSPS) is 15.4. The van der Waals surface area contributed by atoms with Crippen LogP contribution in [0.1, 0.15) is 29.1 Å². The largest absolute Gasteiger partial charge is 0.465 e. The number of amides is 2. The van der Waals surface area contributed by atoms with Gasteiger partial charge in [-0.2, -0.15) is 0 Å². The van der Waals surface area contributed by atoms with Crippen LogP contribution in [0.3, 0.4) is 0 Å². The number of carbonyl (C=O) groups is 2. The van der Waals surface area contributed by atoms with Crippen LogP contribution in [-0.2, 0) is 4.79 Å². The van der Waals surface area contributed by atoms with Gasteiger partial charge in [0.05, 0.1) is 12.5 Å². The minimum atomic E-state index is -0.215. The van der Waals surface area contributed by atoms with E-state index in [2.05, 4.69) is 15.3 Å². The minimum absolute atomic E-state index is 0.0153. The van der Waals surface area contributed by atoms with Gasteiger partial charge >= 0.3 is 0 Å². The molecule has 3 rings (SSSR count). The summed E-state index contributed by atoms with van der Waals surface area (Å²) in [5, 5.41) is 2.89. The van der Waals surface area contributed by atoms with Gasteiger partial charge in [0, 0.05) is 38.1 Å². The number of nitrogens with one attached hydrogen (secondary N) is 1. The Bertz CT molecular complexity index is 720. The molecule has 0 spiro atoms. The lowest BCUT2D eigenvalue weighted by Gasteiger charge is -2.31.